The molecule has 28 heavy (non-hydrogen) atoms. The average molecular weight is 405 g/mol. The van der Waals surface area contributed by atoms with Crippen LogP contribution in [0.1, 0.15) is 55.1 Å². The number of benzene rings is 1. The number of rotatable bonds is 6. The zero-order valence-electron chi connectivity index (χ0n) is 16.3. The van der Waals surface area contributed by atoms with Gasteiger partial charge in [-0.25, -0.2) is 4.39 Å². The zero-order chi connectivity index (χ0) is 19.8. The van der Waals surface area contributed by atoms with Crippen molar-refractivity contribution in [2.75, 3.05) is 18.0 Å². The minimum absolute atomic E-state index is 0.0340. The van der Waals surface area contributed by atoms with Gasteiger partial charge in [0, 0.05) is 37.3 Å². The van der Waals surface area contributed by atoms with Crippen LogP contribution in [0.5, 0.6) is 0 Å². The Morgan fingerprint density at radius 2 is 2.14 bits per heavy atom. The van der Waals surface area contributed by atoms with Gasteiger partial charge in [-0.3, -0.25) is 9.48 Å². The Labute approximate surface area is 169 Å². The van der Waals surface area contributed by atoms with Crippen LogP contribution in [0.25, 0.3) is 0 Å². The minimum Gasteiger partial charge on any atom is -0.369 e. The number of nitrogens with zero attached hydrogens (tertiary/aromatic N) is 3. The van der Waals surface area contributed by atoms with Crippen molar-refractivity contribution in [2.45, 2.75) is 51.6 Å². The van der Waals surface area contributed by atoms with E-state index in [-0.39, 0.29) is 17.0 Å². The van der Waals surface area contributed by atoms with Gasteiger partial charge >= 0.3 is 0 Å². The standard InChI is InChI=1S/C21H26ClFN4O/c1-13(2)11-27-20(14-3-4-14)17(10-24-27)21(28)25-15-7-8-26(12-15)16-5-6-18(22)19(23)9-16/h5-6,9-10,13-15H,3-4,7-8,11-12H2,1-2H3,(H,25,28). The predicted molar refractivity (Wildman–Crippen MR) is 109 cm³/mol. The highest BCUT2D eigenvalue weighted by Gasteiger charge is 2.33. The molecule has 1 N–H and O–H groups in total. The van der Waals surface area contributed by atoms with Crippen molar-refractivity contribution < 1.29 is 9.18 Å². The van der Waals surface area contributed by atoms with E-state index in [4.69, 9.17) is 11.6 Å². The topological polar surface area (TPSA) is 50.2 Å². The highest BCUT2D eigenvalue weighted by Crippen LogP contribution is 2.42. The third-order valence-corrected chi connectivity index (χ3v) is 5.73. The van der Waals surface area contributed by atoms with Gasteiger partial charge < -0.3 is 10.2 Å². The van der Waals surface area contributed by atoms with Gasteiger partial charge in [0.25, 0.3) is 5.91 Å². The first-order valence-corrected chi connectivity index (χ1v) is 10.4. The molecule has 4 rings (SSSR count). The first-order valence-electron chi connectivity index (χ1n) is 9.99. The van der Waals surface area contributed by atoms with Gasteiger partial charge in [-0.15, -0.1) is 0 Å². The number of carbonyl (C=O) groups excluding carboxylic acids is 1. The smallest absolute Gasteiger partial charge is 0.255 e. The number of amides is 1. The lowest BCUT2D eigenvalue weighted by Crippen LogP contribution is -2.37. The molecule has 7 heteroatoms. The van der Waals surface area contributed by atoms with E-state index in [9.17, 15) is 9.18 Å². The molecule has 0 radical (unpaired) electrons. The fraction of sp³-hybridized carbons (Fsp3) is 0.524. The molecule has 150 valence electrons. The van der Waals surface area contributed by atoms with E-state index in [1.807, 2.05) is 10.7 Å². The van der Waals surface area contributed by atoms with Crippen molar-refractivity contribution in [1.82, 2.24) is 15.1 Å². The van der Waals surface area contributed by atoms with E-state index < -0.39 is 5.82 Å². The normalized spacial score (nSPS) is 19.5. The van der Waals surface area contributed by atoms with Crippen LogP contribution in [-0.4, -0.2) is 34.8 Å². The van der Waals surface area contributed by atoms with Gasteiger partial charge in [-0.05, 0) is 43.4 Å². The van der Waals surface area contributed by atoms with Crippen molar-refractivity contribution in [3.8, 4) is 0 Å². The Morgan fingerprint density at radius 3 is 2.82 bits per heavy atom. The summed E-state index contributed by atoms with van der Waals surface area (Å²) in [5.74, 6) is 0.472. The average Bonchev–Trinajstić information content (AvgIpc) is 3.23. The maximum absolute atomic E-state index is 13.7. The third-order valence-electron chi connectivity index (χ3n) is 5.42. The SMILES string of the molecule is CC(C)Cn1ncc(C(=O)NC2CCN(c3ccc(Cl)c(F)c3)C2)c1C1CC1. The number of hydrogen-bond donors (Lipinski definition) is 1. The lowest BCUT2D eigenvalue weighted by atomic mass is 10.1. The Balaban J connectivity index is 1.43. The van der Waals surface area contributed by atoms with Crippen LogP contribution in [0.4, 0.5) is 10.1 Å². The first-order chi connectivity index (χ1) is 13.4. The molecule has 1 aromatic heterocycles. The lowest BCUT2D eigenvalue weighted by Gasteiger charge is -2.19. The van der Waals surface area contributed by atoms with Crippen molar-refractivity contribution in [3.05, 3.63) is 46.5 Å². The van der Waals surface area contributed by atoms with Gasteiger partial charge in [0.1, 0.15) is 5.82 Å². The maximum Gasteiger partial charge on any atom is 0.255 e. The summed E-state index contributed by atoms with van der Waals surface area (Å²) in [5, 5.41) is 7.77. The Kier molecular flexibility index (Phi) is 5.32. The van der Waals surface area contributed by atoms with Crippen LogP contribution in [0, 0.1) is 11.7 Å². The van der Waals surface area contributed by atoms with E-state index in [1.165, 1.54) is 6.07 Å². The fourth-order valence-electron chi connectivity index (χ4n) is 3.91. The molecule has 1 atom stereocenters. The summed E-state index contributed by atoms with van der Waals surface area (Å²) in [7, 11) is 0. The van der Waals surface area contributed by atoms with E-state index in [0.29, 0.717) is 23.9 Å². The number of aromatic nitrogens is 2. The van der Waals surface area contributed by atoms with E-state index in [1.54, 1.807) is 12.3 Å². The molecule has 0 spiro atoms. The van der Waals surface area contributed by atoms with Crippen molar-refractivity contribution >= 4 is 23.2 Å². The number of nitrogens with one attached hydrogen (secondary N) is 1. The molecule has 2 aliphatic rings. The molecule has 5 nitrogen and oxygen atoms in total. The molecule has 1 aliphatic heterocycles. The predicted octanol–water partition coefficient (Wildman–Crippen LogP) is 4.22. The van der Waals surface area contributed by atoms with Crippen molar-refractivity contribution in [2.24, 2.45) is 5.92 Å². The van der Waals surface area contributed by atoms with Crippen LogP contribution >= 0.6 is 11.6 Å². The lowest BCUT2D eigenvalue weighted by molar-refractivity contribution is 0.0939. The monoisotopic (exact) mass is 404 g/mol. The molecule has 1 aliphatic carbocycles. The number of hydrogen-bond acceptors (Lipinski definition) is 3. The Bertz CT molecular complexity index is 877. The van der Waals surface area contributed by atoms with Crippen LogP contribution in [-0.2, 0) is 6.54 Å². The fourth-order valence-corrected chi connectivity index (χ4v) is 4.02. The summed E-state index contributed by atoms with van der Waals surface area (Å²) in [6.45, 7) is 6.58. The molecule has 1 amide bonds. The van der Waals surface area contributed by atoms with Crippen LogP contribution < -0.4 is 10.2 Å². The van der Waals surface area contributed by atoms with Gasteiger partial charge in [0.15, 0.2) is 0 Å². The molecule has 1 aromatic carbocycles. The van der Waals surface area contributed by atoms with Gasteiger partial charge in [-0.1, -0.05) is 25.4 Å². The van der Waals surface area contributed by atoms with Gasteiger partial charge in [0.05, 0.1) is 22.5 Å². The number of carbonyl (C=O) groups is 1. The first kappa shape index (κ1) is 19.2. The molecule has 1 saturated heterocycles. The Morgan fingerprint density at radius 1 is 1.36 bits per heavy atom. The highest BCUT2D eigenvalue weighted by molar-refractivity contribution is 6.30. The molecule has 2 heterocycles. The molecule has 1 unspecified atom stereocenters. The maximum atomic E-state index is 13.7. The van der Waals surface area contributed by atoms with Crippen LogP contribution in [0.15, 0.2) is 24.4 Å². The number of anilines is 1. The van der Waals surface area contributed by atoms with Gasteiger partial charge in [-0.2, -0.15) is 5.10 Å². The van der Waals surface area contributed by atoms with E-state index in [2.05, 4.69) is 29.2 Å². The summed E-state index contributed by atoms with van der Waals surface area (Å²) in [6.07, 6.45) is 4.80. The zero-order valence-corrected chi connectivity index (χ0v) is 17.0. The van der Waals surface area contributed by atoms with Crippen LogP contribution in [0.2, 0.25) is 5.02 Å². The second kappa shape index (κ2) is 7.74. The summed E-state index contributed by atoms with van der Waals surface area (Å²) in [6, 6.07) is 4.87. The summed E-state index contributed by atoms with van der Waals surface area (Å²) < 4.78 is 15.8. The van der Waals surface area contributed by atoms with Crippen LogP contribution in [0.3, 0.4) is 0 Å². The molecular formula is C21H26ClFN4O. The van der Waals surface area contributed by atoms with E-state index in [0.717, 1.165) is 43.7 Å². The van der Waals surface area contributed by atoms with Gasteiger partial charge in [0.2, 0.25) is 0 Å². The molecule has 2 aromatic rings. The summed E-state index contributed by atoms with van der Waals surface area (Å²) in [4.78, 5) is 15.0. The molecule has 0 bridgehead atoms. The molecule has 2 fully saturated rings. The third kappa shape index (κ3) is 4.02. The molecule has 1 saturated carbocycles. The van der Waals surface area contributed by atoms with Crippen molar-refractivity contribution in [1.29, 1.82) is 0 Å². The minimum atomic E-state index is -0.418. The van der Waals surface area contributed by atoms with E-state index >= 15 is 0 Å². The Hall–Kier alpha value is -2.08. The summed E-state index contributed by atoms with van der Waals surface area (Å²) >= 11 is 5.77. The second-order valence-corrected chi connectivity index (χ2v) is 8.70. The largest absolute Gasteiger partial charge is 0.369 e. The quantitative estimate of drug-likeness (QED) is 0.784. The summed E-state index contributed by atoms with van der Waals surface area (Å²) in [5.41, 5.74) is 2.59. The van der Waals surface area contributed by atoms with Crippen molar-refractivity contribution in [3.63, 3.8) is 0 Å². The second-order valence-electron chi connectivity index (χ2n) is 8.30. The molecular weight excluding hydrogens is 379 g/mol. The highest BCUT2D eigenvalue weighted by atomic mass is 35.5. The number of halogens is 2.